The first-order valence-electron chi connectivity index (χ1n) is 33.4. The third-order valence-corrected chi connectivity index (χ3v) is 21.3. The number of nitrogens with zero attached hydrogens (tertiary/aromatic N) is 5. The van der Waals surface area contributed by atoms with E-state index < -0.39 is 0 Å². The number of rotatable bonds is 13. The molecule has 4 aliphatic rings. The summed E-state index contributed by atoms with van der Waals surface area (Å²) in [6.07, 6.45) is 25.3. The Bertz CT molecular complexity index is 5320. The Morgan fingerprint density at radius 3 is 1.43 bits per heavy atom. The van der Waals surface area contributed by atoms with Crippen LogP contribution in [0, 0.1) is 0 Å². The molecule has 0 amide bonds. The average Bonchev–Trinajstić information content (AvgIpc) is 1.56. The Morgan fingerprint density at radius 1 is 0.457 bits per heavy atom. The van der Waals surface area contributed by atoms with Gasteiger partial charge in [-0.3, -0.25) is 9.80 Å². The molecule has 0 saturated carbocycles. The molecule has 0 aliphatic heterocycles. The van der Waals surface area contributed by atoms with Crippen molar-refractivity contribution in [3.05, 3.63) is 321 Å². The van der Waals surface area contributed by atoms with Crippen LogP contribution in [-0.2, 0) is 16.2 Å². The molecule has 0 N–H and O–H groups in total. The van der Waals surface area contributed by atoms with Crippen molar-refractivity contribution in [2.45, 2.75) is 90.4 Å². The number of benzene rings is 9. The van der Waals surface area contributed by atoms with E-state index >= 15 is 0 Å². The first-order valence-corrected chi connectivity index (χ1v) is 33.4. The van der Waals surface area contributed by atoms with E-state index in [1.54, 1.807) is 0 Å². The number of anilines is 4. The predicted octanol–water partition coefficient (Wildman–Crippen LogP) is 21.6. The molecule has 0 radical (unpaired) electrons. The largest absolute Gasteiger partial charge is 0.298 e. The molecule has 0 atom stereocenters. The Kier molecular flexibility index (Phi) is 14.2. The Balaban J connectivity index is 0.664. The van der Waals surface area contributed by atoms with Crippen LogP contribution < -0.4 is 20.2 Å². The van der Waals surface area contributed by atoms with E-state index in [9.17, 15) is 0 Å². The van der Waals surface area contributed by atoms with Crippen LogP contribution in [0.15, 0.2) is 255 Å². The lowest BCUT2D eigenvalue weighted by molar-refractivity contribution is 0.490. The van der Waals surface area contributed by atoms with E-state index in [0.29, 0.717) is 0 Å². The SMILES string of the molecule is C=C/C=c1/cccc/c1=C(/C)N(c1ccc2c(c1)C(C)(C)c1cc(/C=C/c3ccc4c(c3)C(CC)(CC)c3cc(/C=C/c5ccc6c(c5)C(C)(C)C5=C6CCC(N(c6nccc7ccccc67)c6nccc7ccccc67)=C5)ccc3-4)ccc1-2)c1nccc2ccccc12. The number of hydrogen-bond acceptors (Lipinski definition) is 5. The molecule has 0 bridgehead atoms. The molecule has 3 heterocycles. The summed E-state index contributed by atoms with van der Waals surface area (Å²) in [6.45, 7) is 20.6. The fourth-order valence-corrected chi connectivity index (χ4v) is 16.4. The van der Waals surface area contributed by atoms with Gasteiger partial charge in [-0.2, -0.15) is 0 Å². The second-order valence-corrected chi connectivity index (χ2v) is 27.0. The summed E-state index contributed by atoms with van der Waals surface area (Å²) in [7, 11) is 0. The molecule has 3 aromatic heterocycles. The van der Waals surface area contributed by atoms with E-state index in [4.69, 9.17) is 15.0 Å². The summed E-state index contributed by atoms with van der Waals surface area (Å²) in [5.74, 6) is 2.72. The van der Waals surface area contributed by atoms with Crippen molar-refractivity contribution < 1.29 is 0 Å². The second-order valence-electron chi connectivity index (χ2n) is 27.0. The smallest absolute Gasteiger partial charge is 0.146 e. The zero-order valence-electron chi connectivity index (χ0n) is 54.7. The molecule has 5 heteroatoms. The van der Waals surface area contributed by atoms with Crippen molar-refractivity contribution >= 4 is 97.1 Å². The Morgan fingerprint density at radius 2 is 0.894 bits per heavy atom. The Hall–Kier alpha value is -10.8. The second kappa shape index (κ2) is 22.8. The lowest BCUT2D eigenvalue weighted by Gasteiger charge is -2.32. The molecule has 4 aliphatic carbocycles. The summed E-state index contributed by atoms with van der Waals surface area (Å²) >= 11 is 0. The van der Waals surface area contributed by atoms with Gasteiger partial charge in [0.25, 0.3) is 0 Å². The van der Waals surface area contributed by atoms with Crippen LogP contribution in [0.1, 0.15) is 130 Å². The number of allylic oxidation sites excluding steroid dienone is 5. The van der Waals surface area contributed by atoms with Gasteiger partial charge in [-0.05, 0) is 179 Å². The zero-order chi connectivity index (χ0) is 64.0. The molecular weight excluding hydrogens is 1140 g/mol. The van der Waals surface area contributed by atoms with Crippen LogP contribution in [0.3, 0.4) is 0 Å². The summed E-state index contributed by atoms with van der Waals surface area (Å²) in [4.78, 5) is 20.0. The van der Waals surface area contributed by atoms with Gasteiger partial charge in [0.1, 0.15) is 17.5 Å². The number of hydrogen-bond donors (Lipinski definition) is 0. The van der Waals surface area contributed by atoms with Crippen LogP contribution in [0.5, 0.6) is 0 Å². The molecule has 94 heavy (non-hydrogen) atoms. The van der Waals surface area contributed by atoms with Crippen molar-refractivity contribution in [1.29, 1.82) is 0 Å². The molecule has 0 fully saturated rings. The average molecular weight is 1210 g/mol. The minimum absolute atomic E-state index is 0.0960. The van der Waals surface area contributed by atoms with Gasteiger partial charge in [-0.25, -0.2) is 15.0 Å². The number of pyridine rings is 3. The maximum atomic E-state index is 5.11. The van der Waals surface area contributed by atoms with Crippen LogP contribution >= 0.6 is 0 Å². The third-order valence-electron chi connectivity index (χ3n) is 21.3. The highest BCUT2D eigenvalue weighted by molar-refractivity contribution is 6.02. The van der Waals surface area contributed by atoms with Gasteiger partial charge in [0.15, 0.2) is 0 Å². The van der Waals surface area contributed by atoms with Gasteiger partial charge in [-0.15, -0.1) is 0 Å². The van der Waals surface area contributed by atoms with Crippen molar-refractivity contribution in [3.8, 4) is 22.3 Å². The highest BCUT2D eigenvalue weighted by atomic mass is 15.2. The summed E-state index contributed by atoms with van der Waals surface area (Å²) in [5, 5.41) is 9.04. The van der Waals surface area contributed by atoms with E-state index in [0.717, 1.165) is 97.3 Å². The minimum atomic E-state index is -0.252. The summed E-state index contributed by atoms with van der Waals surface area (Å²) < 4.78 is 0. The van der Waals surface area contributed by atoms with Gasteiger partial charge < -0.3 is 0 Å². The first kappa shape index (κ1) is 58.3. The van der Waals surface area contributed by atoms with Gasteiger partial charge in [0, 0.05) is 73.3 Å². The minimum Gasteiger partial charge on any atom is -0.298 e. The number of aromatic nitrogens is 3. The lowest BCUT2D eigenvalue weighted by atomic mass is 9.73. The normalized spacial score (nSPS) is 15.9. The van der Waals surface area contributed by atoms with Crippen LogP contribution in [0.25, 0.3) is 96.2 Å². The van der Waals surface area contributed by atoms with Gasteiger partial charge in [-0.1, -0.05) is 261 Å². The number of fused-ring (bicyclic) bond motifs is 11. The summed E-state index contributed by atoms with van der Waals surface area (Å²) in [5.41, 5.74) is 24.0. The van der Waals surface area contributed by atoms with Crippen molar-refractivity contribution in [1.82, 2.24) is 15.0 Å². The monoisotopic (exact) mass is 1210 g/mol. The van der Waals surface area contributed by atoms with Crippen LogP contribution in [-0.4, -0.2) is 15.0 Å². The zero-order valence-corrected chi connectivity index (χ0v) is 54.7. The molecule has 0 spiro atoms. The molecule has 12 aromatic rings. The fraction of sp³-hybridized carbons (Fsp3) is 0.157. The van der Waals surface area contributed by atoms with Crippen molar-refractivity contribution in [2.24, 2.45) is 0 Å². The molecule has 5 nitrogen and oxygen atoms in total. The highest BCUT2D eigenvalue weighted by Crippen LogP contribution is 2.56. The van der Waals surface area contributed by atoms with E-state index in [2.05, 4.69) is 308 Å². The molecule has 0 saturated heterocycles. The maximum absolute atomic E-state index is 5.11. The van der Waals surface area contributed by atoms with E-state index in [1.807, 2.05) is 24.7 Å². The quantitative estimate of drug-likeness (QED) is 0.108. The standard InChI is InChI=1S/C89H75N5/c1-9-20-62-21-12-16-25-68(62)57(4)93(84-69-26-17-13-22-63(69)45-48-90-84)66-37-43-74-72-39-33-58(51-78(72)87(5,6)80(74)55-66)29-31-60-35-41-76-77-42-36-61(54-83(77)89(10-2,11-3)82(76)53-60)32-30-59-34-40-73-75-44-38-67(56-81(75)88(7,8)79(73)52-59)94(85-70-27-18-14-23-64(70)46-49-91-85)86-71-28-19-15-24-65(71)47-50-92-86/h9,12-37,39-43,45-56H,1,10-11,38,44H2,2-8H3/b31-29+,32-30+,62-20-,68-57+. The summed E-state index contributed by atoms with van der Waals surface area (Å²) in [6, 6.07) is 76.1. The third kappa shape index (κ3) is 9.37. The molecule has 456 valence electrons. The predicted molar refractivity (Wildman–Crippen MR) is 398 cm³/mol. The Labute approximate surface area is 552 Å². The van der Waals surface area contributed by atoms with Gasteiger partial charge in [0.2, 0.25) is 0 Å². The first-order chi connectivity index (χ1) is 45.9. The van der Waals surface area contributed by atoms with Crippen molar-refractivity contribution in [3.63, 3.8) is 0 Å². The molecule has 16 rings (SSSR count). The van der Waals surface area contributed by atoms with E-state index in [-0.39, 0.29) is 16.2 Å². The van der Waals surface area contributed by atoms with Gasteiger partial charge in [0.05, 0.1) is 0 Å². The van der Waals surface area contributed by atoms with Gasteiger partial charge >= 0.3 is 0 Å². The lowest BCUT2D eigenvalue weighted by Crippen LogP contribution is -2.32. The molecule has 9 aromatic carbocycles. The molecular formula is C89H75N5. The molecule has 0 unspecified atom stereocenters. The fourth-order valence-electron chi connectivity index (χ4n) is 16.4. The van der Waals surface area contributed by atoms with Crippen molar-refractivity contribution in [2.75, 3.05) is 9.80 Å². The highest BCUT2D eigenvalue weighted by Gasteiger charge is 2.42. The van der Waals surface area contributed by atoms with Crippen LogP contribution in [0.4, 0.5) is 23.1 Å². The van der Waals surface area contributed by atoms with E-state index in [1.165, 1.54) is 94.7 Å². The maximum Gasteiger partial charge on any atom is 0.146 e. The topological polar surface area (TPSA) is 45.2 Å². The van der Waals surface area contributed by atoms with Crippen LogP contribution in [0.2, 0.25) is 0 Å².